The van der Waals surface area contributed by atoms with Crippen molar-refractivity contribution in [3.63, 3.8) is 0 Å². The van der Waals surface area contributed by atoms with Gasteiger partial charge in [-0.2, -0.15) is 0 Å². The molecule has 0 atom stereocenters. The van der Waals surface area contributed by atoms with Gasteiger partial charge in [-0.05, 0) is 50.1 Å². The highest BCUT2D eigenvalue weighted by Crippen LogP contribution is 2.14. The number of nitrogens with one attached hydrogen (secondary N) is 1. The second-order valence-electron chi connectivity index (χ2n) is 4.29. The molecule has 1 amide bonds. The SMILES string of the molecule is C\C=C/C(=C\C=C\N)SNCCCN1CCCC1=O. The molecule has 0 bridgehead atoms. The Morgan fingerprint density at radius 1 is 1.58 bits per heavy atom. The van der Waals surface area contributed by atoms with Crippen LogP contribution in [0.15, 0.2) is 35.4 Å². The molecule has 1 fully saturated rings. The number of carbonyl (C=O) groups is 1. The number of rotatable bonds is 8. The van der Waals surface area contributed by atoms with Crippen molar-refractivity contribution in [2.45, 2.75) is 26.2 Å². The molecule has 1 aliphatic heterocycles. The second-order valence-corrected chi connectivity index (χ2v) is 5.25. The third-order valence-corrected chi connectivity index (χ3v) is 3.63. The first-order valence-corrected chi connectivity index (χ1v) is 7.48. The van der Waals surface area contributed by atoms with E-state index in [1.54, 1.807) is 11.9 Å². The van der Waals surface area contributed by atoms with Gasteiger partial charge in [0.25, 0.3) is 0 Å². The van der Waals surface area contributed by atoms with Crippen LogP contribution >= 0.6 is 11.9 Å². The average molecular weight is 281 g/mol. The topological polar surface area (TPSA) is 58.4 Å². The van der Waals surface area contributed by atoms with E-state index >= 15 is 0 Å². The zero-order chi connectivity index (χ0) is 13.9. The number of amides is 1. The van der Waals surface area contributed by atoms with Crippen molar-refractivity contribution in [2.24, 2.45) is 5.73 Å². The quantitative estimate of drug-likeness (QED) is 0.407. The maximum Gasteiger partial charge on any atom is 0.222 e. The maximum atomic E-state index is 11.4. The monoisotopic (exact) mass is 281 g/mol. The van der Waals surface area contributed by atoms with Crippen LogP contribution in [-0.4, -0.2) is 30.4 Å². The molecule has 1 rings (SSSR count). The van der Waals surface area contributed by atoms with Crippen LogP contribution in [0.5, 0.6) is 0 Å². The Morgan fingerprint density at radius 3 is 3.05 bits per heavy atom. The fraction of sp³-hybridized carbons (Fsp3) is 0.500. The summed E-state index contributed by atoms with van der Waals surface area (Å²) in [6, 6.07) is 0. The zero-order valence-electron chi connectivity index (χ0n) is 11.5. The number of likely N-dealkylation sites (tertiary alicyclic amines) is 1. The lowest BCUT2D eigenvalue weighted by molar-refractivity contribution is -0.127. The van der Waals surface area contributed by atoms with Crippen molar-refractivity contribution < 1.29 is 4.79 Å². The van der Waals surface area contributed by atoms with Crippen LogP contribution in [0.25, 0.3) is 0 Å². The minimum atomic E-state index is 0.301. The van der Waals surface area contributed by atoms with E-state index in [9.17, 15) is 4.79 Å². The van der Waals surface area contributed by atoms with Gasteiger partial charge in [-0.15, -0.1) is 0 Å². The van der Waals surface area contributed by atoms with Crippen LogP contribution in [0.4, 0.5) is 0 Å². The largest absolute Gasteiger partial charge is 0.405 e. The molecule has 5 heteroatoms. The molecule has 4 nitrogen and oxygen atoms in total. The molecular weight excluding hydrogens is 258 g/mol. The molecule has 1 aliphatic rings. The molecule has 19 heavy (non-hydrogen) atoms. The molecule has 0 aromatic rings. The Bertz CT molecular complexity index is 364. The number of hydrogen-bond acceptors (Lipinski definition) is 4. The Balaban J connectivity index is 2.16. The van der Waals surface area contributed by atoms with Crippen molar-refractivity contribution in [1.82, 2.24) is 9.62 Å². The lowest BCUT2D eigenvalue weighted by Crippen LogP contribution is -2.27. The van der Waals surface area contributed by atoms with E-state index in [4.69, 9.17) is 5.73 Å². The predicted molar refractivity (Wildman–Crippen MR) is 82.2 cm³/mol. The van der Waals surface area contributed by atoms with Crippen LogP contribution in [0.3, 0.4) is 0 Å². The average Bonchev–Trinajstić information content (AvgIpc) is 2.81. The van der Waals surface area contributed by atoms with E-state index in [0.717, 1.165) is 43.8 Å². The molecule has 0 aromatic heterocycles. The summed E-state index contributed by atoms with van der Waals surface area (Å²) >= 11 is 1.58. The lowest BCUT2D eigenvalue weighted by Gasteiger charge is -2.15. The number of allylic oxidation sites excluding steroid dienone is 4. The minimum Gasteiger partial charge on any atom is -0.405 e. The molecule has 0 aliphatic carbocycles. The van der Waals surface area contributed by atoms with Crippen molar-refractivity contribution in [3.8, 4) is 0 Å². The molecule has 0 unspecified atom stereocenters. The number of hydrogen-bond donors (Lipinski definition) is 2. The summed E-state index contributed by atoms with van der Waals surface area (Å²) in [6.45, 7) is 4.66. The van der Waals surface area contributed by atoms with Crippen LogP contribution in [0, 0.1) is 0 Å². The molecule has 0 spiro atoms. The summed E-state index contributed by atoms with van der Waals surface area (Å²) in [5.74, 6) is 0.301. The summed E-state index contributed by atoms with van der Waals surface area (Å²) < 4.78 is 3.30. The third-order valence-electron chi connectivity index (χ3n) is 2.77. The first-order chi connectivity index (χ1) is 9.27. The second kappa shape index (κ2) is 9.69. The van der Waals surface area contributed by atoms with Crippen molar-refractivity contribution in [2.75, 3.05) is 19.6 Å². The maximum absolute atomic E-state index is 11.4. The van der Waals surface area contributed by atoms with Crippen molar-refractivity contribution in [1.29, 1.82) is 0 Å². The first kappa shape index (κ1) is 15.9. The van der Waals surface area contributed by atoms with E-state index in [0.29, 0.717) is 5.91 Å². The smallest absolute Gasteiger partial charge is 0.222 e. The molecule has 0 radical (unpaired) electrons. The van der Waals surface area contributed by atoms with Gasteiger partial charge >= 0.3 is 0 Å². The Morgan fingerprint density at radius 2 is 2.42 bits per heavy atom. The van der Waals surface area contributed by atoms with Crippen LogP contribution in [-0.2, 0) is 4.79 Å². The summed E-state index contributed by atoms with van der Waals surface area (Å²) in [7, 11) is 0. The predicted octanol–water partition coefficient (Wildman–Crippen LogP) is 2.17. The highest BCUT2D eigenvalue weighted by molar-refractivity contribution is 8.01. The van der Waals surface area contributed by atoms with Gasteiger partial charge in [0, 0.05) is 31.0 Å². The van der Waals surface area contributed by atoms with E-state index in [1.165, 1.54) is 6.20 Å². The molecule has 3 N–H and O–H groups in total. The minimum absolute atomic E-state index is 0.301. The molecule has 1 heterocycles. The van der Waals surface area contributed by atoms with Gasteiger partial charge in [-0.1, -0.05) is 12.2 Å². The van der Waals surface area contributed by atoms with E-state index < -0.39 is 0 Å². The van der Waals surface area contributed by atoms with Gasteiger partial charge in [0.2, 0.25) is 5.91 Å². The highest BCUT2D eigenvalue weighted by atomic mass is 32.2. The van der Waals surface area contributed by atoms with E-state index in [2.05, 4.69) is 4.72 Å². The first-order valence-electron chi connectivity index (χ1n) is 6.66. The van der Waals surface area contributed by atoms with E-state index in [-0.39, 0.29) is 0 Å². The van der Waals surface area contributed by atoms with Gasteiger partial charge in [-0.25, -0.2) is 0 Å². The van der Waals surface area contributed by atoms with Crippen molar-refractivity contribution in [3.05, 3.63) is 35.4 Å². The van der Waals surface area contributed by atoms with E-state index in [1.807, 2.05) is 36.1 Å². The Hall–Kier alpha value is -1.20. The van der Waals surface area contributed by atoms with Crippen LogP contribution in [0.1, 0.15) is 26.2 Å². The Kier molecular flexibility index (Phi) is 8.09. The molecule has 0 aromatic carbocycles. The summed E-state index contributed by atoms with van der Waals surface area (Å²) in [4.78, 5) is 14.5. The molecule has 1 saturated heterocycles. The molecule has 106 valence electrons. The number of nitrogens with two attached hydrogens (primary N) is 1. The molecular formula is C14H23N3OS. The fourth-order valence-corrected chi connectivity index (χ4v) is 2.62. The normalized spacial score (nSPS) is 17.2. The van der Waals surface area contributed by atoms with Gasteiger partial charge in [0.05, 0.1) is 0 Å². The summed E-state index contributed by atoms with van der Waals surface area (Å²) in [5.41, 5.74) is 5.32. The number of carbonyl (C=O) groups excluding carboxylic acids is 1. The van der Waals surface area contributed by atoms with Crippen LogP contribution in [0.2, 0.25) is 0 Å². The van der Waals surface area contributed by atoms with Gasteiger partial charge in [-0.3, -0.25) is 9.52 Å². The third kappa shape index (κ3) is 6.50. The van der Waals surface area contributed by atoms with Gasteiger partial charge in [0.15, 0.2) is 0 Å². The lowest BCUT2D eigenvalue weighted by atomic mass is 10.4. The standard InChI is InChI=1S/C14H23N3OS/c1-2-6-13(7-3-9-15)19-16-10-5-12-17-11-4-8-14(17)18/h2-3,6-7,9,16H,4-5,8,10-12,15H2,1H3/b6-2-,9-3+,13-7+. The summed E-state index contributed by atoms with van der Waals surface area (Å²) in [6.07, 6.45) is 12.0. The number of nitrogens with zero attached hydrogens (tertiary/aromatic N) is 1. The molecule has 0 saturated carbocycles. The van der Waals surface area contributed by atoms with Crippen LogP contribution < -0.4 is 10.5 Å². The summed E-state index contributed by atoms with van der Waals surface area (Å²) in [5, 5.41) is 0. The highest BCUT2D eigenvalue weighted by Gasteiger charge is 2.18. The fourth-order valence-electron chi connectivity index (χ4n) is 1.86. The van der Waals surface area contributed by atoms with Crippen molar-refractivity contribution >= 4 is 17.9 Å². The van der Waals surface area contributed by atoms with Gasteiger partial charge in [0.1, 0.15) is 0 Å². The Labute approximate surface area is 119 Å². The van der Waals surface area contributed by atoms with Gasteiger partial charge < -0.3 is 10.6 Å². The zero-order valence-corrected chi connectivity index (χ0v) is 12.3.